The predicted molar refractivity (Wildman–Crippen MR) is 320 cm³/mol. The van der Waals surface area contributed by atoms with Gasteiger partial charge in [0.05, 0.1) is 113 Å². The lowest BCUT2D eigenvalue weighted by atomic mass is 10.0. The van der Waals surface area contributed by atoms with Gasteiger partial charge in [0.25, 0.3) is 0 Å². The lowest BCUT2D eigenvalue weighted by Gasteiger charge is -2.37. The number of aliphatic hydroxyl groups is 4. The van der Waals surface area contributed by atoms with Crippen molar-refractivity contribution in [3.05, 3.63) is 106 Å². The van der Waals surface area contributed by atoms with Crippen LogP contribution in [0.3, 0.4) is 0 Å². The number of hydrogen-bond donors (Lipinski definition) is 4. The Morgan fingerprint density at radius 1 is 0.425 bits per heavy atom. The van der Waals surface area contributed by atoms with Crippen LogP contribution in [0.25, 0.3) is 0 Å². The largest absolute Gasteiger partial charge is 0.390 e. The molecule has 5 rings (SSSR count). The average Bonchev–Trinajstić information content (AvgIpc) is 4.02. The molecule has 16 heteroatoms. The second kappa shape index (κ2) is 34.2. The van der Waals surface area contributed by atoms with Crippen molar-refractivity contribution in [1.29, 1.82) is 0 Å². The van der Waals surface area contributed by atoms with Gasteiger partial charge in [-0.05, 0) is 139 Å². The molecule has 1 saturated heterocycles. The maximum absolute atomic E-state index is 9.96. The number of nitrogens with zero attached hydrogens (tertiary/aromatic N) is 8. The molecule has 0 saturated carbocycles. The Bertz CT molecular complexity index is 2130. The third-order valence-electron chi connectivity index (χ3n) is 15.8. The van der Waals surface area contributed by atoms with Crippen molar-refractivity contribution in [2.45, 2.75) is 196 Å². The maximum atomic E-state index is 9.96. The quantitative estimate of drug-likeness (QED) is 0.0675. The molecule has 1 aliphatic heterocycles. The number of aromatic nitrogens is 4. The summed E-state index contributed by atoms with van der Waals surface area (Å²) in [5.41, 5.74) is 6.99. The van der Waals surface area contributed by atoms with Crippen LogP contribution in [-0.2, 0) is 71.3 Å². The van der Waals surface area contributed by atoms with E-state index >= 15 is 0 Å². The monoisotopic (exact) mass is 1120 g/mol. The summed E-state index contributed by atoms with van der Waals surface area (Å²) in [5, 5.41) is 48.3. The van der Waals surface area contributed by atoms with Gasteiger partial charge in [-0.2, -0.15) is 10.2 Å². The first-order valence-corrected chi connectivity index (χ1v) is 30.1. The Hall–Kier alpha value is -3.62. The van der Waals surface area contributed by atoms with E-state index in [-0.39, 0.29) is 75.0 Å². The molecule has 0 amide bonds. The smallest absolute Gasteiger partial charge is 0.0882 e. The summed E-state index contributed by atoms with van der Waals surface area (Å²) in [6, 6.07) is 21.6. The van der Waals surface area contributed by atoms with Crippen LogP contribution in [0.2, 0.25) is 0 Å². The Kier molecular flexibility index (Phi) is 28.7. The van der Waals surface area contributed by atoms with Gasteiger partial charge < -0.3 is 39.4 Å². The molecule has 16 nitrogen and oxygen atoms in total. The highest BCUT2D eigenvalue weighted by atomic mass is 16.5. The van der Waals surface area contributed by atoms with Crippen molar-refractivity contribution in [1.82, 2.24) is 39.2 Å². The van der Waals surface area contributed by atoms with E-state index in [4.69, 9.17) is 18.9 Å². The average molecular weight is 1120 g/mol. The van der Waals surface area contributed by atoms with Gasteiger partial charge in [0, 0.05) is 50.3 Å². The summed E-state index contributed by atoms with van der Waals surface area (Å²) in [7, 11) is 8.95. The van der Waals surface area contributed by atoms with Crippen LogP contribution in [0.5, 0.6) is 0 Å². The number of ether oxygens (including phenoxy) is 4. The Morgan fingerprint density at radius 2 is 0.713 bits per heavy atom. The van der Waals surface area contributed by atoms with Crippen LogP contribution in [0, 0.1) is 23.7 Å². The SMILES string of the molecule is CC(C)C[C@H]1CO[C@H](C)CN(C)[C@@H](CC(C)C)CO[C@H](Cc2ccc(Cn3nc(CO)cc3CO)cc2)CN(C)[C@@H](CC(C)C)CO[C@H](C)CN(C)[C@@H](CC(C)C)CO[C@H](Cc2ccc(Cn3nc(CO)cc3CO)cc2)CN1C. The van der Waals surface area contributed by atoms with E-state index in [1.54, 1.807) is 21.5 Å². The summed E-state index contributed by atoms with van der Waals surface area (Å²) in [6.45, 7) is 28.7. The Morgan fingerprint density at radius 3 is 1.00 bits per heavy atom. The number of rotatable bonds is 20. The molecular weight excluding hydrogens is 1010 g/mol. The lowest BCUT2D eigenvalue weighted by Crippen LogP contribution is -2.47. The number of benzene rings is 2. The second-order valence-electron chi connectivity index (χ2n) is 25.3. The zero-order valence-electron chi connectivity index (χ0n) is 51.8. The molecule has 0 aliphatic carbocycles. The Balaban J connectivity index is 1.41. The zero-order chi connectivity index (χ0) is 58.5. The normalized spacial score (nSPS) is 24.4. The standard InChI is InChI=1S/C64H108N8O8/c1-45(2)23-59-41-77-49(9)31-67(11)62(26-48(7)8)44-80-64(28-52-17-21-54(22-18-52)34-72-58(40-76)30-56(38-74)66-72)36-70(14)60(24-46(3)4)42-78-50(10)32-68(12)61(25-47(5)6)43-79-63(35-69(59)13)27-51-15-19-53(20-16-51)33-71-57(39-75)29-55(37-73)65-71/h15-22,29-30,45-50,59-64,73-76H,23-28,31-44H2,1-14H3/t49-,50-,59+,60+,61+,62+,63-,64-/m1/s1. The van der Waals surface area contributed by atoms with Crippen molar-refractivity contribution in [3.8, 4) is 0 Å². The van der Waals surface area contributed by atoms with Crippen LogP contribution in [0.4, 0.5) is 0 Å². The van der Waals surface area contributed by atoms with Gasteiger partial charge in [0.15, 0.2) is 0 Å². The van der Waals surface area contributed by atoms with Crippen molar-refractivity contribution in [3.63, 3.8) is 0 Å². The molecule has 4 aromatic rings. The lowest BCUT2D eigenvalue weighted by molar-refractivity contribution is -0.0536. The van der Waals surface area contributed by atoms with Crippen LogP contribution in [0.1, 0.15) is 140 Å². The van der Waals surface area contributed by atoms with Gasteiger partial charge in [0.1, 0.15) is 0 Å². The second-order valence-corrected chi connectivity index (χ2v) is 25.3. The molecule has 8 atom stereocenters. The molecule has 1 aliphatic rings. The van der Waals surface area contributed by atoms with Gasteiger partial charge in [0.2, 0.25) is 0 Å². The fourth-order valence-corrected chi connectivity index (χ4v) is 11.4. The van der Waals surface area contributed by atoms with Gasteiger partial charge in [-0.3, -0.25) is 29.0 Å². The fourth-order valence-electron chi connectivity index (χ4n) is 11.4. The summed E-state index contributed by atoms with van der Waals surface area (Å²) < 4.78 is 31.6. The van der Waals surface area contributed by atoms with Gasteiger partial charge in [-0.1, -0.05) is 104 Å². The first kappa shape index (κ1) is 67.2. The van der Waals surface area contributed by atoms with Gasteiger partial charge in [-0.25, -0.2) is 0 Å². The maximum Gasteiger partial charge on any atom is 0.0882 e. The minimum Gasteiger partial charge on any atom is -0.390 e. The van der Waals surface area contributed by atoms with E-state index < -0.39 is 0 Å². The van der Waals surface area contributed by atoms with E-state index in [2.05, 4.69) is 176 Å². The highest BCUT2D eigenvalue weighted by molar-refractivity contribution is 5.25. The zero-order valence-corrected chi connectivity index (χ0v) is 51.8. The van der Waals surface area contributed by atoms with E-state index in [9.17, 15) is 20.4 Å². The van der Waals surface area contributed by atoms with E-state index in [0.717, 1.165) is 75.8 Å². The molecule has 1 fully saturated rings. The molecule has 2 aromatic carbocycles. The predicted octanol–water partition coefficient (Wildman–Crippen LogP) is 7.91. The van der Waals surface area contributed by atoms with E-state index in [1.165, 1.54) is 11.1 Å². The van der Waals surface area contributed by atoms with Crippen LogP contribution in [-0.4, -0.2) is 189 Å². The van der Waals surface area contributed by atoms with Crippen molar-refractivity contribution >= 4 is 0 Å². The highest BCUT2D eigenvalue weighted by Gasteiger charge is 2.29. The minimum atomic E-state index is -0.165. The molecule has 3 heterocycles. The summed E-state index contributed by atoms with van der Waals surface area (Å²) in [5.74, 6) is 1.91. The molecule has 452 valence electrons. The third kappa shape index (κ3) is 22.9. The van der Waals surface area contributed by atoms with Crippen LogP contribution < -0.4 is 0 Å². The van der Waals surface area contributed by atoms with Crippen LogP contribution >= 0.6 is 0 Å². The van der Waals surface area contributed by atoms with E-state index in [0.29, 0.717) is 86.0 Å². The Labute approximate surface area is 482 Å². The first-order valence-electron chi connectivity index (χ1n) is 30.1. The number of likely N-dealkylation sites (N-methyl/N-ethyl adjacent to an activating group) is 4. The molecule has 0 radical (unpaired) electrons. The number of hydrogen-bond acceptors (Lipinski definition) is 14. The molecule has 0 spiro atoms. The molecule has 0 bridgehead atoms. The van der Waals surface area contributed by atoms with Crippen LogP contribution in [0.15, 0.2) is 60.7 Å². The third-order valence-corrected chi connectivity index (χ3v) is 15.8. The van der Waals surface area contributed by atoms with E-state index in [1.807, 2.05) is 0 Å². The topological polar surface area (TPSA) is 166 Å². The summed E-state index contributed by atoms with van der Waals surface area (Å²) in [4.78, 5) is 9.88. The first-order chi connectivity index (χ1) is 38.1. The fraction of sp³-hybridized carbons (Fsp3) is 0.719. The number of aliphatic hydroxyl groups excluding tert-OH is 4. The molecule has 2 aromatic heterocycles. The van der Waals surface area contributed by atoms with Gasteiger partial charge in [-0.15, -0.1) is 0 Å². The molecule has 0 unspecified atom stereocenters. The minimum absolute atomic E-state index is 0.00311. The highest BCUT2D eigenvalue weighted by Crippen LogP contribution is 2.23. The van der Waals surface area contributed by atoms with Crippen molar-refractivity contribution < 1.29 is 39.4 Å². The summed E-state index contributed by atoms with van der Waals surface area (Å²) in [6.07, 6.45) is 5.34. The molecule has 4 N–H and O–H groups in total. The van der Waals surface area contributed by atoms with Gasteiger partial charge >= 0.3 is 0 Å². The van der Waals surface area contributed by atoms with Crippen molar-refractivity contribution in [2.75, 3.05) is 80.8 Å². The molecular formula is C64H108N8O8. The van der Waals surface area contributed by atoms with Crippen molar-refractivity contribution in [2.24, 2.45) is 23.7 Å². The molecule has 80 heavy (non-hydrogen) atoms. The summed E-state index contributed by atoms with van der Waals surface area (Å²) >= 11 is 0.